The van der Waals surface area contributed by atoms with Crippen LogP contribution in [0, 0.1) is 0 Å². The van der Waals surface area contributed by atoms with Crippen LogP contribution in [0.15, 0.2) is 5.38 Å². The lowest BCUT2D eigenvalue weighted by atomic mass is 10.2. The molecule has 0 saturated carbocycles. The quantitative estimate of drug-likeness (QED) is 0.758. The topological polar surface area (TPSA) is 97.3 Å². The molecule has 2 N–H and O–H groups in total. The van der Waals surface area contributed by atoms with Crippen LogP contribution in [0.3, 0.4) is 0 Å². The van der Waals surface area contributed by atoms with Crippen LogP contribution in [0.1, 0.15) is 30.4 Å². The van der Waals surface area contributed by atoms with Gasteiger partial charge in [0.05, 0.1) is 26.3 Å². The Kier molecular flexibility index (Phi) is 6.12. The molecule has 1 atom stereocenters. The molecule has 25 heavy (non-hydrogen) atoms. The average Bonchev–Trinajstić information content (AvgIpc) is 2.96. The van der Waals surface area contributed by atoms with Crippen molar-refractivity contribution in [1.82, 2.24) is 5.32 Å². The molecule has 1 aromatic heterocycles. The number of methoxy groups -OCH3 is 1. The molecular weight excluding hydrogens is 348 g/mol. The first-order valence-corrected chi connectivity index (χ1v) is 8.81. The largest absolute Gasteiger partial charge is 0.489 e. The number of hydrogen-bond donors (Lipinski definition) is 2. The number of amides is 1. The fourth-order valence-corrected chi connectivity index (χ4v) is 3.35. The summed E-state index contributed by atoms with van der Waals surface area (Å²) in [4.78, 5) is 26.2. The minimum Gasteiger partial charge on any atom is -0.489 e. The molecule has 1 aliphatic rings. The molecule has 1 unspecified atom stereocenters. The number of thiophene rings is 1. The smallest absolute Gasteiger partial charge is 0.408 e. The van der Waals surface area contributed by atoms with Gasteiger partial charge < -0.3 is 29.5 Å². The van der Waals surface area contributed by atoms with Crippen LogP contribution < -0.4 is 15.0 Å². The number of rotatable bonds is 5. The van der Waals surface area contributed by atoms with Gasteiger partial charge in [-0.15, -0.1) is 11.3 Å². The van der Waals surface area contributed by atoms with Crippen LogP contribution in [0.25, 0.3) is 0 Å². The van der Waals surface area contributed by atoms with E-state index in [4.69, 9.17) is 14.2 Å². The zero-order valence-electron chi connectivity index (χ0n) is 14.8. The zero-order chi connectivity index (χ0) is 18.6. The second kappa shape index (κ2) is 7.92. The summed E-state index contributed by atoms with van der Waals surface area (Å²) >= 11 is 1.24. The molecule has 1 aromatic rings. The summed E-state index contributed by atoms with van der Waals surface area (Å²) in [7, 11) is 1.32. The van der Waals surface area contributed by atoms with E-state index < -0.39 is 23.7 Å². The van der Waals surface area contributed by atoms with Crippen molar-refractivity contribution in [2.24, 2.45) is 0 Å². The van der Waals surface area contributed by atoms with Gasteiger partial charge in [0, 0.05) is 11.9 Å². The molecule has 2 rings (SSSR count). The van der Waals surface area contributed by atoms with E-state index in [0.29, 0.717) is 36.0 Å². The number of esters is 1. The summed E-state index contributed by atoms with van der Waals surface area (Å²) in [6.45, 7) is 6.33. The number of hydrogen-bond acceptors (Lipinski definition) is 8. The number of nitrogens with one attached hydrogen (secondary N) is 1. The van der Waals surface area contributed by atoms with Crippen molar-refractivity contribution in [3.8, 4) is 5.75 Å². The molecule has 9 heteroatoms. The monoisotopic (exact) mass is 372 g/mol. The van der Waals surface area contributed by atoms with Gasteiger partial charge in [0.2, 0.25) is 0 Å². The summed E-state index contributed by atoms with van der Waals surface area (Å²) < 4.78 is 15.6. The molecule has 8 nitrogen and oxygen atoms in total. The van der Waals surface area contributed by atoms with Crippen LogP contribution in [0.4, 0.5) is 10.5 Å². The SMILES string of the molecule is COC(=O)c1scc2c1N(CC(CO)NC(=O)OC(C)(C)C)CCO2. The molecule has 0 fully saturated rings. The van der Waals surface area contributed by atoms with Crippen LogP contribution in [-0.2, 0) is 9.47 Å². The van der Waals surface area contributed by atoms with Gasteiger partial charge in [0.25, 0.3) is 0 Å². The summed E-state index contributed by atoms with van der Waals surface area (Å²) in [6, 6.07) is -0.550. The number of carbonyl (C=O) groups is 2. The molecular formula is C16H24N2O6S. The molecule has 0 bridgehead atoms. The lowest BCUT2D eigenvalue weighted by molar-refractivity contribution is 0.0483. The minimum atomic E-state index is -0.623. The van der Waals surface area contributed by atoms with E-state index >= 15 is 0 Å². The lowest BCUT2D eigenvalue weighted by Gasteiger charge is -2.33. The number of anilines is 1. The van der Waals surface area contributed by atoms with Crippen molar-refractivity contribution in [3.05, 3.63) is 10.3 Å². The van der Waals surface area contributed by atoms with Gasteiger partial charge in [0.1, 0.15) is 22.8 Å². The number of alkyl carbamates (subject to hydrolysis) is 1. The summed E-state index contributed by atoms with van der Waals surface area (Å²) in [6.07, 6.45) is -0.599. The fourth-order valence-electron chi connectivity index (χ4n) is 2.42. The Labute approximate surface area is 150 Å². The van der Waals surface area contributed by atoms with E-state index in [9.17, 15) is 14.7 Å². The first-order chi connectivity index (χ1) is 11.7. The third kappa shape index (κ3) is 4.99. The second-order valence-electron chi connectivity index (χ2n) is 6.59. The number of aliphatic hydroxyl groups excluding tert-OH is 1. The Hall–Kier alpha value is -2.00. The molecule has 1 amide bonds. The van der Waals surface area contributed by atoms with Gasteiger partial charge >= 0.3 is 12.1 Å². The molecule has 1 aliphatic heterocycles. The van der Waals surface area contributed by atoms with Crippen LogP contribution in [-0.4, -0.2) is 62.2 Å². The van der Waals surface area contributed by atoms with Crippen molar-refractivity contribution < 1.29 is 28.9 Å². The highest BCUT2D eigenvalue weighted by atomic mass is 32.1. The van der Waals surface area contributed by atoms with E-state index in [2.05, 4.69) is 5.32 Å². The van der Waals surface area contributed by atoms with Crippen molar-refractivity contribution in [1.29, 1.82) is 0 Å². The Morgan fingerprint density at radius 2 is 2.20 bits per heavy atom. The molecule has 0 aliphatic carbocycles. The Morgan fingerprint density at radius 3 is 2.80 bits per heavy atom. The highest BCUT2D eigenvalue weighted by Crippen LogP contribution is 2.40. The third-order valence-corrected chi connectivity index (χ3v) is 4.35. The second-order valence-corrected chi connectivity index (χ2v) is 7.47. The Morgan fingerprint density at radius 1 is 1.48 bits per heavy atom. The van der Waals surface area contributed by atoms with E-state index in [1.165, 1.54) is 18.4 Å². The molecule has 2 heterocycles. The van der Waals surface area contributed by atoms with E-state index in [1.54, 1.807) is 26.2 Å². The van der Waals surface area contributed by atoms with Crippen LogP contribution >= 0.6 is 11.3 Å². The standard InChI is InChI=1S/C16H24N2O6S/c1-16(2,3)24-15(21)17-10(8-19)7-18-5-6-23-11-9-25-13(12(11)18)14(20)22-4/h9-10,19H,5-8H2,1-4H3,(H,17,21). The lowest BCUT2D eigenvalue weighted by Crippen LogP contribution is -2.49. The first kappa shape index (κ1) is 19.3. The molecule has 140 valence electrons. The predicted octanol–water partition coefficient (Wildman–Crippen LogP) is 1.62. The summed E-state index contributed by atoms with van der Waals surface area (Å²) in [5.41, 5.74) is 0.00860. The van der Waals surface area contributed by atoms with Crippen molar-refractivity contribution in [2.75, 3.05) is 38.3 Å². The predicted molar refractivity (Wildman–Crippen MR) is 93.6 cm³/mol. The van der Waals surface area contributed by atoms with Gasteiger partial charge in [-0.1, -0.05) is 0 Å². The van der Waals surface area contributed by atoms with Crippen LogP contribution in [0.2, 0.25) is 0 Å². The van der Waals surface area contributed by atoms with Gasteiger partial charge in [-0.05, 0) is 20.8 Å². The van der Waals surface area contributed by atoms with E-state index in [0.717, 1.165) is 0 Å². The van der Waals surface area contributed by atoms with Gasteiger partial charge in [-0.25, -0.2) is 9.59 Å². The molecule has 0 spiro atoms. The number of ether oxygens (including phenoxy) is 3. The van der Waals surface area contributed by atoms with Gasteiger partial charge in [-0.3, -0.25) is 0 Å². The average molecular weight is 372 g/mol. The van der Waals surface area contributed by atoms with Crippen molar-refractivity contribution in [2.45, 2.75) is 32.4 Å². The Bertz CT molecular complexity index is 625. The highest BCUT2D eigenvalue weighted by molar-refractivity contribution is 7.13. The van der Waals surface area contributed by atoms with Gasteiger partial charge in [-0.2, -0.15) is 0 Å². The number of aliphatic hydroxyl groups is 1. The zero-order valence-corrected chi connectivity index (χ0v) is 15.6. The van der Waals surface area contributed by atoms with E-state index in [-0.39, 0.29) is 6.61 Å². The first-order valence-electron chi connectivity index (χ1n) is 7.93. The maximum Gasteiger partial charge on any atom is 0.408 e. The fraction of sp³-hybridized carbons (Fsp3) is 0.625. The number of fused-ring (bicyclic) bond motifs is 1. The van der Waals surface area contributed by atoms with Crippen molar-refractivity contribution in [3.63, 3.8) is 0 Å². The maximum atomic E-state index is 11.9. The Balaban J connectivity index is 2.11. The number of nitrogens with zero attached hydrogens (tertiary/aromatic N) is 1. The number of carbonyl (C=O) groups excluding carboxylic acids is 2. The molecule has 0 radical (unpaired) electrons. The molecule has 0 aromatic carbocycles. The van der Waals surface area contributed by atoms with Gasteiger partial charge in [0.15, 0.2) is 5.75 Å². The van der Waals surface area contributed by atoms with Crippen LogP contribution in [0.5, 0.6) is 5.75 Å². The van der Waals surface area contributed by atoms with E-state index in [1.807, 2.05) is 4.90 Å². The highest BCUT2D eigenvalue weighted by Gasteiger charge is 2.30. The maximum absolute atomic E-state index is 11.9. The normalized spacial score (nSPS) is 15.0. The van der Waals surface area contributed by atoms with Crippen molar-refractivity contribution >= 4 is 29.1 Å². The summed E-state index contributed by atoms with van der Waals surface area (Å²) in [5, 5.41) is 14.0. The summed E-state index contributed by atoms with van der Waals surface area (Å²) in [5.74, 6) is 0.160. The minimum absolute atomic E-state index is 0.260. The molecule has 0 saturated heterocycles. The third-order valence-electron chi connectivity index (χ3n) is 3.42.